The molecule has 0 aromatic heterocycles. The topological polar surface area (TPSA) is 61.4 Å². The first-order chi connectivity index (χ1) is 9.74. The second kappa shape index (κ2) is 7.55. The van der Waals surface area contributed by atoms with E-state index < -0.39 is 0 Å². The van der Waals surface area contributed by atoms with Gasteiger partial charge in [0, 0.05) is 11.3 Å². The van der Waals surface area contributed by atoms with Gasteiger partial charge in [0.2, 0.25) is 0 Å². The molecular weight excluding hydrogens is 272 g/mol. The molecule has 2 rings (SSSR count). The number of rotatable bonds is 5. The molecule has 1 aliphatic carbocycles. The van der Waals surface area contributed by atoms with Crippen molar-refractivity contribution >= 4 is 17.8 Å². The number of nitrogens with one attached hydrogen (secondary N) is 2. The van der Waals surface area contributed by atoms with E-state index in [4.69, 9.17) is 0 Å². The van der Waals surface area contributed by atoms with Crippen LogP contribution >= 0.6 is 11.8 Å². The summed E-state index contributed by atoms with van der Waals surface area (Å²) in [5, 5.41) is 15.8. The molecule has 1 aliphatic rings. The first-order valence-electron chi connectivity index (χ1n) is 7.00. The Balaban J connectivity index is 1.90. The van der Waals surface area contributed by atoms with Crippen molar-refractivity contribution in [1.29, 1.82) is 0 Å². The molecule has 20 heavy (non-hydrogen) atoms. The number of aliphatic hydroxyl groups is 1. The van der Waals surface area contributed by atoms with Crippen LogP contribution in [0, 0.1) is 0 Å². The van der Waals surface area contributed by atoms with E-state index in [2.05, 4.69) is 16.9 Å². The minimum absolute atomic E-state index is 0.103. The van der Waals surface area contributed by atoms with Crippen molar-refractivity contribution in [2.45, 2.75) is 36.6 Å². The SMILES string of the molecule is CS[C@@H]1CCC[C@H]1NC(=O)N[C@H](CO)c1ccccc1. The van der Waals surface area contributed by atoms with Crippen LogP contribution in [0.3, 0.4) is 0 Å². The van der Waals surface area contributed by atoms with E-state index in [0.717, 1.165) is 18.4 Å². The lowest BCUT2D eigenvalue weighted by atomic mass is 10.1. The molecule has 2 amide bonds. The van der Waals surface area contributed by atoms with Crippen LogP contribution in [0.1, 0.15) is 30.9 Å². The predicted molar refractivity (Wildman–Crippen MR) is 82.9 cm³/mol. The Morgan fingerprint density at radius 3 is 2.80 bits per heavy atom. The monoisotopic (exact) mass is 294 g/mol. The number of aliphatic hydroxyl groups excluding tert-OH is 1. The van der Waals surface area contributed by atoms with E-state index >= 15 is 0 Å². The lowest BCUT2D eigenvalue weighted by molar-refractivity contribution is 0.214. The molecule has 110 valence electrons. The maximum absolute atomic E-state index is 12.1. The Labute approximate surface area is 124 Å². The highest BCUT2D eigenvalue weighted by Gasteiger charge is 2.28. The minimum Gasteiger partial charge on any atom is -0.394 e. The van der Waals surface area contributed by atoms with E-state index in [1.165, 1.54) is 6.42 Å². The number of amides is 2. The molecule has 1 aromatic carbocycles. The first-order valence-corrected chi connectivity index (χ1v) is 8.29. The highest BCUT2D eigenvalue weighted by Crippen LogP contribution is 2.28. The minimum atomic E-state index is -0.356. The predicted octanol–water partition coefficient (Wildman–Crippen LogP) is 2.30. The average molecular weight is 294 g/mol. The van der Waals surface area contributed by atoms with Gasteiger partial charge in [-0.15, -0.1) is 0 Å². The molecule has 1 saturated carbocycles. The van der Waals surface area contributed by atoms with Gasteiger partial charge < -0.3 is 15.7 Å². The van der Waals surface area contributed by atoms with Crippen molar-refractivity contribution in [2.75, 3.05) is 12.9 Å². The zero-order chi connectivity index (χ0) is 14.4. The summed E-state index contributed by atoms with van der Waals surface area (Å²) in [6, 6.07) is 9.21. The normalized spacial score (nSPS) is 23.3. The highest BCUT2D eigenvalue weighted by molar-refractivity contribution is 7.99. The van der Waals surface area contributed by atoms with Crippen LogP contribution in [-0.4, -0.2) is 35.3 Å². The summed E-state index contributed by atoms with van der Waals surface area (Å²) in [5.74, 6) is 0. The fourth-order valence-electron chi connectivity index (χ4n) is 2.66. The maximum Gasteiger partial charge on any atom is 0.315 e. The van der Waals surface area contributed by atoms with Gasteiger partial charge in [-0.05, 0) is 24.7 Å². The molecule has 0 unspecified atom stereocenters. The van der Waals surface area contributed by atoms with Gasteiger partial charge in [-0.1, -0.05) is 36.8 Å². The van der Waals surface area contributed by atoms with Gasteiger partial charge in [-0.2, -0.15) is 11.8 Å². The molecule has 0 saturated heterocycles. The fraction of sp³-hybridized carbons (Fsp3) is 0.533. The summed E-state index contributed by atoms with van der Waals surface area (Å²) >= 11 is 1.81. The molecule has 5 heteroatoms. The number of urea groups is 1. The van der Waals surface area contributed by atoms with Crippen LogP contribution < -0.4 is 10.6 Å². The zero-order valence-electron chi connectivity index (χ0n) is 11.7. The Morgan fingerprint density at radius 2 is 2.15 bits per heavy atom. The molecule has 3 atom stereocenters. The van der Waals surface area contributed by atoms with E-state index in [9.17, 15) is 9.90 Å². The van der Waals surface area contributed by atoms with Gasteiger partial charge in [0.05, 0.1) is 12.6 Å². The average Bonchev–Trinajstić information content (AvgIpc) is 2.92. The number of carbonyl (C=O) groups excluding carboxylic acids is 1. The van der Waals surface area contributed by atoms with Crippen LogP contribution in [0.25, 0.3) is 0 Å². The fourth-order valence-corrected chi connectivity index (χ4v) is 3.60. The van der Waals surface area contributed by atoms with Gasteiger partial charge in [0.1, 0.15) is 0 Å². The van der Waals surface area contributed by atoms with E-state index in [0.29, 0.717) is 5.25 Å². The molecule has 0 heterocycles. The third-order valence-corrected chi connectivity index (χ3v) is 4.93. The van der Waals surface area contributed by atoms with Gasteiger partial charge in [0.25, 0.3) is 0 Å². The number of thioether (sulfide) groups is 1. The Bertz CT molecular complexity index is 427. The van der Waals surface area contributed by atoms with Crippen molar-refractivity contribution in [2.24, 2.45) is 0 Å². The van der Waals surface area contributed by atoms with Gasteiger partial charge in [0.15, 0.2) is 0 Å². The van der Waals surface area contributed by atoms with Crippen molar-refractivity contribution in [1.82, 2.24) is 10.6 Å². The van der Waals surface area contributed by atoms with Gasteiger partial charge in [-0.3, -0.25) is 0 Å². The van der Waals surface area contributed by atoms with Crippen molar-refractivity contribution in [3.05, 3.63) is 35.9 Å². The van der Waals surface area contributed by atoms with Crippen molar-refractivity contribution in [3.63, 3.8) is 0 Å². The van der Waals surface area contributed by atoms with Crippen molar-refractivity contribution in [3.8, 4) is 0 Å². The first kappa shape index (κ1) is 15.2. The van der Waals surface area contributed by atoms with Crippen LogP contribution in [0.4, 0.5) is 4.79 Å². The summed E-state index contributed by atoms with van der Waals surface area (Å²) < 4.78 is 0. The molecule has 1 fully saturated rings. The van der Waals surface area contributed by atoms with Gasteiger partial charge >= 0.3 is 6.03 Å². The summed E-state index contributed by atoms with van der Waals surface area (Å²) in [7, 11) is 0. The van der Waals surface area contributed by atoms with Gasteiger partial charge in [-0.25, -0.2) is 4.79 Å². The lowest BCUT2D eigenvalue weighted by Crippen LogP contribution is -2.46. The molecule has 0 bridgehead atoms. The number of hydrogen-bond donors (Lipinski definition) is 3. The quantitative estimate of drug-likeness (QED) is 0.781. The molecule has 4 nitrogen and oxygen atoms in total. The Morgan fingerprint density at radius 1 is 1.40 bits per heavy atom. The van der Waals surface area contributed by atoms with Crippen LogP contribution in [0.5, 0.6) is 0 Å². The van der Waals surface area contributed by atoms with Crippen LogP contribution in [-0.2, 0) is 0 Å². The number of benzene rings is 1. The second-order valence-corrected chi connectivity index (χ2v) is 6.15. The number of hydrogen-bond acceptors (Lipinski definition) is 3. The zero-order valence-corrected chi connectivity index (χ0v) is 12.5. The molecule has 0 spiro atoms. The third-order valence-electron chi connectivity index (χ3n) is 3.76. The summed E-state index contributed by atoms with van der Waals surface area (Å²) in [4.78, 5) is 12.1. The van der Waals surface area contributed by atoms with E-state index in [-0.39, 0.29) is 24.7 Å². The molecular formula is C15H22N2O2S. The molecule has 1 aromatic rings. The van der Waals surface area contributed by atoms with Crippen LogP contribution in [0.15, 0.2) is 30.3 Å². The highest BCUT2D eigenvalue weighted by atomic mass is 32.2. The Kier molecular flexibility index (Phi) is 5.73. The summed E-state index contributed by atoms with van der Waals surface area (Å²) in [6.07, 6.45) is 5.45. The maximum atomic E-state index is 12.1. The smallest absolute Gasteiger partial charge is 0.315 e. The summed E-state index contributed by atoms with van der Waals surface area (Å²) in [6.45, 7) is -0.103. The van der Waals surface area contributed by atoms with E-state index in [1.54, 1.807) is 0 Å². The molecule has 3 N–H and O–H groups in total. The molecule has 0 aliphatic heterocycles. The number of carbonyl (C=O) groups is 1. The van der Waals surface area contributed by atoms with Crippen LogP contribution in [0.2, 0.25) is 0 Å². The third kappa shape index (κ3) is 3.90. The van der Waals surface area contributed by atoms with Crippen molar-refractivity contribution < 1.29 is 9.90 Å². The summed E-state index contributed by atoms with van der Waals surface area (Å²) in [5.41, 5.74) is 0.915. The Hall–Kier alpha value is -1.20. The largest absolute Gasteiger partial charge is 0.394 e. The van der Waals surface area contributed by atoms with E-state index in [1.807, 2.05) is 42.1 Å². The standard InChI is InChI=1S/C15H22N2O2S/c1-20-14-9-5-8-12(14)16-15(19)17-13(10-18)11-6-3-2-4-7-11/h2-4,6-7,12-14,18H,5,8-10H2,1H3,(H2,16,17,19)/t12-,13-,14-/m1/s1. The second-order valence-electron chi connectivity index (χ2n) is 5.08. The molecule has 0 radical (unpaired) electrons. The lowest BCUT2D eigenvalue weighted by Gasteiger charge is -2.22.